The standard InChI is InChI=1S/C17H17N3O4S/c21-12(10-20-8-4-3-7-16(20)23)9-18-15(22)11-25-17-19-13-5-1-2-6-14(13)24-17/h1-8,12,21H,9-11H2,(H,18,22). The van der Waals surface area contributed by atoms with E-state index in [0.29, 0.717) is 10.8 Å². The van der Waals surface area contributed by atoms with Crippen molar-refractivity contribution in [3.63, 3.8) is 0 Å². The molecule has 2 N–H and O–H groups in total. The number of fused-ring (bicyclic) bond motifs is 1. The van der Waals surface area contributed by atoms with Gasteiger partial charge in [0.25, 0.3) is 10.8 Å². The van der Waals surface area contributed by atoms with E-state index in [1.807, 2.05) is 24.3 Å². The van der Waals surface area contributed by atoms with E-state index in [0.717, 1.165) is 5.52 Å². The molecule has 0 aliphatic carbocycles. The van der Waals surface area contributed by atoms with E-state index >= 15 is 0 Å². The Kier molecular flexibility index (Phi) is 5.52. The molecule has 0 fully saturated rings. The SMILES string of the molecule is O=C(CSc1nc2ccccc2o1)NCC(O)Cn1ccccc1=O. The molecule has 0 saturated heterocycles. The van der Waals surface area contributed by atoms with Crippen molar-refractivity contribution < 1.29 is 14.3 Å². The third-order valence-corrected chi connectivity index (χ3v) is 4.27. The maximum absolute atomic E-state index is 11.9. The van der Waals surface area contributed by atoms with Gasteiger partial charge in [-0.25, -0.2) is 4.98 Å². The highest BCUT2D eigenvalue weighted by Gasteiger charge is 2.11. The first-order valence-electron chi connectivity index (χ1n) is 7.70. The molecule has 25 heavy (non-hydrogen) atoms. The lowest BCUT2D eigenvalue weighted by molar-refractivity contribution is -0.119. The molecular formula is C17H17N3O4S. The molecule has 1 aromatic carbocycles. The van der Waals surface area contributed by atoms with Crippen molar-refractivity contribution in [3.05, 3.63) is 59.0 Å². The van der Waals surface area contributed by atoms with Crippen LogP contribution in [-0.4, -0.2) is 39.0 Å². The van der Waals surface area contributed by atoms with E-state index in [-0.39, 0.29) is 30.3 Å². The first-order chi connectivity index (χ1) is 12.1. The summed E-state index contributed by atoms with van der Waals surface area (Å²) in [7, 11) is 0. The van der Waals surface area contributed by atoms with Crippen molar-refractivity contribution in [3.8, 4) is 0 Å². The number of thioether (sulfide) groups is 1. The van der Waals surface area contributed by atoms with Crippen LogP contribution in [0.15, 0.2) is 63.1 Å². The summed E-state index contributed by atoms with van der Waals surface area (Å²) in [6, 6.07) is 12.1. The lowest BCUT2D eigenvalue weighted by Gasteiger charge is -2.13. The first kappa shape index (κ1) is 17.2. The number of aliphatic hydroxyl groups is 1. The van der Waals surface area contributed by atoms with Crippen molar-refractivity contribution in [2.24, 2.45) is 0 Å². The van der Waals surface area contributed by atoms with Gasteiger partial charge in [-0.05, 0) is 18.2 Å². The minimum Gasteiger partial charge on any atom is -0.431 e. The van der Waals surface area contributed by atoms with Gasteiger partial charge >= 0.3 is 0 Å². The number of carbonyl (C=O) groups is 1. The number of para-hydroxylation sites is 2. The molecule has 0 saturated carbocycles. The molecule has 7 nitrogen and oxygen atoms in total. The van der Waals surface area contributed by atoms with E-state index in [4.69, 9.17) is 4.42 Å². The molecule has 8 heteroatoms. The summed E-state index contributed by atoms with van der Waals surface area (Å²) < 4.78 is 6.91. The van der Waals surface area contributed by atoms with Gasteiger partial charge in [0, 0.05) is 18.8 Å². The highest BCUT2D eigenvalue weighted by Crippen LogP contribution is 2.22. The van der Waals surface area contributed by atoms with Gasteiger partial charge in [0.2, 0.25) is 5.91 Å². The van der Waals surface area contributed by atoms with Crippen molar-refractivity contribution in [2.45, 2.75) is 17.9 Å². The van der Waals surface area contributed by atoms with Crippen molar-refractivity contribution in [2.75, 3.05) is 12.3 Å². The Morgan fingerprint density at radius 3 is 2.88 bits per heavy atom. The van der Waals surface area contributed by atoms with E-state index in [9.17, 15) is 14.7 Å². The second-order valence-electron chi connectivity index (χ2n) is 5.39. The minimum absolute atomic E-state index is 0.0638. The highest BCUT2D eigenvalue weighted by atomic mass is 32.2. The summed E-state index contributed by atoms with van der Waals surface area (Å²) >= 11 is 1.19. The number of nitrogens with one attached hydrogen (secondary N) is 1. The van der Waals surface area contributed by atoms with Crippen molar-refractivity contribution in [1.82, 2.24) is 14.9 Å². The predicted octanol–water partition coefficient (Wildman–Crippen LogP) is 1.26. The largest absolute Gasteiger partial charge is 0.431 e. The van der Waals surface area contributed by atoms with Gasteiger partial charge < -0.3 is 19.4 Å². The summed E-state index contributed by atoms with van der Waals surface area (Å²) in [4.78, 5) is 27.7. The third kappa shape index (κ3) is 4.71. The van der Waals surface area contributed by atoms with Gasteiger partial charge in [0.15, 0.2) is 5.58 Å². The van der Waals surface area contributed by atoms with Crippen LogP contribution in [0, 0.1) is 0 Å². The number of carbonyl (C=O) groups excluding carboxylic acids is 1. The van der Waals surface area contributed by atoms with Crippen LogP contribution >= 0.6 is 11.8 Å². The predicted molar refractivity (Wildman–Crippen MR) is 94.5 cm³/mol. The number of hydrogen-bond donors (Lipinski definition) is 2. The average Bonchev–Trinajstić information content (AvgIpc) is 3.03. The number of aliphatic hydroxyl groups excluding tert-OH is 1. The summed E-state index contributed by atoms with van der Waals surface area (Å²) in [6.07, 6.45) is 0.745. The molecule has 3 aromatic rings. The normalized spacial score (nSPS) is 12.2. The smallest absolute Gasteiger partial charge is 0.257 e. The van der Waals surface area contributed by atoms with Crippen LogP contribution in [0.3, 0.4) is 0 Å². The molecule has 0 radical (unpaired) electrons. The Morgan fingerprint density at radius 1 is 1.28 bits per heavy atom. The van der Waals surface area contributed by atoms with Crippen LogP contribution in [0.4, 0.5) is 0 Å². The molecule has 130 valence electrons. The molecule has 2 aromatic heterocycles. The summed E-state index contributed by atoms with van der Waals surface area (Å²) in [5, 5.41) is 13.0. The van der Waals surface area contributed by atoms with Gasteiger partial charge in [-0.2, -0.15) is 0 Å². The quantitative estimate of drug-likeness (QED) is 0.617. The monoisotopic (exact) mass is 359 g/mol. The molecule has 0 aliphatic rings. The number of benzene rings is 1. The maximum atomic E-state index is 11.9. The fraction of sp³-hybridized carbons (Fsp3) is 0.235. The molecule has 1 unspecified atom stereocenters. The summed E-state index contributed by atoms with van der Waals surface area (Å²) in [6.45, 7) is 0.187. The van der Waals surface area contributed by atoms with Crippen LogP contribution in [0.5, 0.6) is 0 Å². The number of rotatable bonds is 7. The van der Waals surface area contributed by atoms with E-state index in [2.05, 4.69) is 10.3 Å². The molecule has 0 spiro atoms. The zero-order chi connectivity index (χ0) is 17.6. The van der Waals surface area contributed by atoms with Crippen molar-refractivity contribution in [1.29, 1.82) is 0 Å². The lowest BCUT2D eigenvalue weighted by atomic mass is 10.3. The Hall–Kier alpha value is -2.58. The number of oxazole rings is 1. The Balaban J connectivity index is 1.44. The Labute approximate surface area is 147 Å². The molecule has 0 bridgehead atoms. The number of aromatic nitrogens is 2. The maximum Gasteiger partial charge on any atom is 0.257 e. The van der Waals surface area contributed by atoms with Gasteiger partial charge in [-0.15, -0.1) is 0 Å². The average molecular weight is 359 g/mol. The van der Waals surface area contributed by atoms with Crippen LogP contribution in [-0.2, 0) is 11.3 Å². The van der Waals surface area contributed by atoms with Gasteiger partial charge in [0.05, 0.1) is 18.4 Å². The summed E-state index contributed by atoms with van der Waals surface area (Å²) in [5.74, 6) is -0.114. The van der Waals surface area contributed by atoms with E-state index < -0.39 is 6.10 Å². The van der Waals surface area contributed by atoms with Gasteiger partial charge in [-0.1, -0.05) is 30.0 Å². The second-order valence-corrected chi connectivity index (χ2v) is 6.31. The lowest BCUT2D eigenvalue weighted by Crippen LogP contribution is -2.37. The molecule has 0 aliphatic heterocycles. The Morgan fingerprint density at radius 2 is 2.08 bits per heavy atom. The van der Waals surface area contributed by atoms with Crippen molar-refractivity contribution >= 4 is 28.8 Å². The van der Waals surface area contributed by atoms with Crippen LogP contribution in [0.25, 0.3) is 11.1 Å². The molecule has 1 amide bonds. The molecule has 3 rings (SSSR count). The fourth-order valence-electron chi connectivity index (χ4n) is 2.23. The highest BCUT2D eigenvalue weighted by molar-refractivity contribution is 7.99. The fourth-order valence-corrected chi connectivity index (χ4v) is 2.89. The number of hydrogen-bond acceptors (Lipinski definition) is 6. The molecule has 1 atom stereocenters. The first-order valence-corrected chi connectivity index (χ1v) is 8.69. The van der Waals surface area contributed by atoms with Crippen LogP contribution in [0.1, 0.15) is 0 Å². The number of amides is 1. The zero-order valence-corrected chi connectivity index (χ0v) is 14.1. The number of nitrogens with zero attached hydrogens (tertiary/aromatic N) is 2. The van der Waals surface area contributed by atoms with E-state index in [1.165, 1.54) is 22.4 Å². The van der Waals surface area contributed by atoms with Gasteiger partial charge in [-0.3, -0.25) is 9.59 Å². The topological polar surface area (TPSA) is 97.4 Å². The van der Waals surface area contributed by atoms with Crippen LogP contribution < -0.4 is 10.9 Å². The zero-order valence-electron chi connectivity index (χ0n) is 13.3. The van der Waals surface area contributed by atoms with E-state index in [1.54, 1.807) is 18.3 Å². The summed E-state index contributed by atoms with van der Waals surface area (Å²) in [5.41, 5.74) is 1.22. The molecular weight excluding hydrogens is 342 g/mol. The number of pyridine rings is 1. The Bertz CT molecular complexity index is 888. The third-order valence-electron chi connectivity index (χ3n) is 3.44. The molecule has 2 heterocycles. The second kappa shape index (κ2) is 8.00. The van der Waals surface area contributed by atoms with Gasteiger partial charge in [0.1, 0.15) is 5.52 Å². The van der Waals surface area contributed by atoms with Crippen LogP contribution in [0.2, 0.25) is 0 Å². The minimum atomic E-state index is -0.849.